The molecule has 0 aromatic heterocycles. The van der Waals surface area contributed by atoms with Gasteiger partial charge in [0.1, 0.15) is 11.5 Å². The predicted octanol–water partition coefficient (Wildman–Crippen LogP) is 3.45. The van der Waals surface area contributed by atoms with Crippen molar-refractivity contribution < 1.29 is 23.8 Å². The fraction of sp³-hybridized carbons (Fsp3) is 0.364. The molecule has 0 unspecified atom stereocenters. The lowest BCUT2D eigenvalue weighted by molar-refractivity contribution is -0.144. The molecule has 0 spiro atoms. The van der Waals surface area contributed by atoms with E-state index in [0.29, 0.717) is 19.7 Å². The molecule has 2 aromatic carbocycles. The first-order valence-corrected chi connectivity index (χ1v) is 9.36. The summed E-state index contributed by atoms with van der Waals surface area (Å²) in [6.07, 6.45) is 0.392. The molecule has 0 atom stereocenters. The molecule has 0 heterocycles. The molecule has 0 fully saturated rings. The van der Waals surface area contributed by atoms with Gasteiger partial charge in [-0.25, -0.2) is 0 Å². The number of para-hydroxylation sites is 1. The van der Waals surface area contributed by atoms with E-state index in [9.17, 15) is 9.59 Å². The highest BCUT2D eigenvalue weighted by atomic mass is 16.5. The highest BCUT2D eigenvalue weighted by molar-refractivity contribution is 5.77. The lowest BCUT2D eigenvalue weighted by atomic mass is 10.2. The molecule has 0 aliphatic carbocycles. The summed E-state index contributed by atoms with van der Waals surface area (Å²) >= 11 is 0. The van der Waals surface area contributed by atoms with Gasteiger partial charge in [0.15, 0.2) is 0 Å². The first kappa shape index (κ1) is 21.3. The molecule has 6 nitrogen and oxygen atoms in total. The van der Waals surface area contributed by atoms with E-state index in [2.05, 4.69) is 0 Å². The Hall–Kier alpha value is -3.02. The molecule has 6 heteroatoms. The van der Waals surface area contributed by atoms with Crippen LogP contribution in [0.15, 0.2) is 54.6 Å². The summed E-state index contributed by atoms with van der Waals surface area (Å²) in [5.74, 6) is 1.10. The Kier molecular flexibility index (Phi) is 8.85. The van der Waals surface area contributed by atoms with E-state index in [-0.39, 0.29) is 31.3 Å². The second-order valence-electron chi connectivity index (χ2n) is 6.13. The Morgan fingerprint density at radius 3 is 2.29 bits per heavy atom. The number of esters is 1. The second kappa shape index (κ2) is 11.6. The SMILES string of the molecule is CCOC(=O)CCN(Cc1ccc(OC)cc1)C(=O)CCOc1ccccc1. The van der Waals surface area contributed by atoms with Crippen LogP contribution in [-0.4, -0.2) is 43.6 Å². The minimum Gasteiger partial charge on any atom is -0.497 e. The maximum Gasteiger partial charge on any atom is 0.307 e. The van der Waals surface area contributed by atoms with Crippen LogP contribution in [0.25, 0.3) is 0 Å². The number of methoxy groups -OCH3 is 1. The highest BCUT2D eigenvalue weighted by Gasteiger charge is 2.16. The summed E-state index contributed by atoms with van der Waals surface area (Å²) in [5, 5.41) is 0. The van der Waals surface area contributed by atoms with E-state index in [1.165, 1.54) is 0 Å². The van der Waals surface area contributed by atoms with Gasteiger partial charge in [0, 0.05) is 13.1 Å². The average molecular weight is 385 g/mol. The summed E-state index contributed by atoms with van der Waals surface area (Å²) in [7, 11) is 1.61. The largest absolute Gasteiger partial charge is 0.497 e. The monoisotopic (exact) mass is 385 g/mol. The van der Waals surface area contributed by atoms with Crippen molar-refractivity contribution in [3.63, 3.8) is 0 Å². The third-order valence-corrected chi connectivity index (χ3v) is 4.10. The molecular weight excluding hydrogens is 358 g/mol. The van der Waals surface area contributed by atoms with E-state index in [4.69, 9.17) is 14.2 Å². The van der Waals surface area contributed by atoms with E-state index in [1.54, 1.807) is 18.9 Å². The standard InChI is InChI=1S/C22H27NO5/c1-3-27-22(25)13-15-23(17-18-9-11-19(26-2)12-10-18)21(24)14-16-28-20-7-5-4-6-8-20/h4-12H,3,13-17H2,1-2H3. The molecule has 1 amide bonds. The minimum atomic E-state index is -0.310. The van der Waals surface area contributed by atoms with Crippen LogP contribution in [0.5, 0.6) is 11.5 Å². The van der Waals surface area contributed by atoms with Crippen LogP contribution in [0, 0.1) is 0 Å². The molecule has 0 saturated carbocycles. The number of ether oxygens (including phenoxy) is 3. The number of benzene rings is 2. The van der Waals surface area contributed by atoms with Crippen molar-refractivity contribution in [2.75, 3.05) is 26.9 Å². The van der Waals surface area contributed by atoms with E-state index in [1.807, 2.05) is 54.6 Å². The molecule has 0 radical (unpaired) electrons. The molecule has 0 saturated heterocycles. The number of amides is 1. The smallest absolute Gasteiger partial charge is 0.307 e. The second-order valence-corrected chi connectivity index (χ2v) is 6.13. The maximum absolute atomic E-state index is 12.7. The van der Waals surface area contributed by atoms with E-state index in [0.717, 1.165) is 17.1 Å². The van der Waals surface area contributed by atoms with Gasteiger partial charge in [-0.15, -0.1) is 0 Å². The fourth-order valence-electron chi connectivity index (χ4n) is 2.63. The number of hydrogen-bond acceptors (Lipinski definition) is 5. The molecule has 0 aliphatic heterocycles. The Bertz CT molecular complexity index is 730. The van der Waals surface area contributed by atoms with Crippen LogP contribution in [0.3, 0.4) is 0 Å². The summed E-state index contributed by atoms with van der Waals surface area (Å²) in [4.78, 5) is 26.1. The number of carbonyl (C=O) groups is 2. The van der Waals surface area contributed by atoms with Crippen LogP contribution in [0.2, 0.25) is 0 Å². The Morgan fingerprint density at radius 2 is 1.64 bits per heavy atom. The van der Waals surface area contributed by atoms with Gasteiger partial charge in [-0.05, 0) is 36.8 Å². The maximum atomic E-state index is 12.7. The van der Waals surface area contributed by atoms with E-state index >= 15 is 0 Å². The summed E-state index contributed by atoms with van der Waals surface area (Å²) < 4.78 is 15.8. The molecule has 28 heavy (non-hydrogen) atoms. The van der Waals surface area contributed by atoms with Crippen molar-refractivity contribution in [3.8, 4) is 11.5 Å². The van der Waals surface area contributed by atoms with Crippen LogP contribution in [-0.2, 0) is 20.9 Å². The lowest BCUT2D eigenvalue weighted by Crippen LogP contribution is -2.33. The lowest BCUT2D eigenvalue weighted by Gasteiger charge is -2.23. The molecule has 0 N–H and O–H groups in total. The normalized spacial score (nSPS) is 10.2. The fourth-order valence-corrected chi connectivity index (χ4v) is 2.63. The molecule has 0 aliphatic rings. The summed E-state index contributed by atoms with van der Waals surface area (Å²) in [5.41, 5.74) is 0.960. The first-order chi connectivity index (χ1) is 13.6. The van der Waals surface area contributed by atoms with Crippen molar-refractivity contribution in [3.05, 3.63) is 60.2 Å². The minimum absolute atomic E-state index is 0.0731. The highest BCUT2D eigenvalue weighted by Crippen LogP contribution is 2.14. The van der Waals surface area contributed by atoms with Crippen LogP contribution in [0.1, 0.15) is 25.3 Å². The van der Waals surface area contributed by atoms with Gasteiger partial charge in [0.2, 0.25) is 5.91 Å². The number of rotatable bonds is 11. The summed E-state index contributed by atoms with van der Waals surface area (Å²) in [6, 6.07) is 16.9. The van der Waals surface area contributed by atoms with Crippen molar-refractivity contribution >= 4 is 11.9 Å². The van der Waals surface area contributed by atoms with Crippen molar-refractivity contribution in [1.29, 1.82) is 0 Å². The van der Waals surface area contributed by atoms with Gasteiger partial charge in [-0.2, -0.15) is 0 Å². The average Bonchev–Trinajstić information content (AvgIpc) is 2.72. The number of hydrogen-bond donors (Lipinski definition) is 0. The van der Waals surface area contributed by atoms with Gasteiger partial charge >= 0.3 is 5.97 Å². The Balaban J connectivity index is 1.94. The number of carbonyl (C=O) groups excluding carboxylic acids is 2. The van der Waals surface area contributed by atoms with Crippen LogP contribution < -0.4 is 9.47 Å². The van der Waals surface area contributed by atoms with Gasteiger partial charge in [0.25, 0.3) is 0 Å². The zero-order valence-corrected chi connectivity index (χ0v) is 16.4. The molecule has 2 rings (SSSR count). The molecule has 2 aromatic rings. The van der Waals surface area contributed by atoms with Gasteiger partial charge in [-0.3, -0.25) is 9.59 Å². The predicted molar refractivity (Wildman–Crippen MR) is 106 cm³/mol. The molecular formula is C22H27NO5. The topological polar surface area (TPSA) is 65.1 Å². The Morgan fingerprint density at radius 1 is 0.929 bits per heavy atom. The van der Waals surface area contributed by atoms with Gasteiger partial charge in [0.05, 0.1) is 33.2 Å². The number of nitrogens with zero attached hydrogens (tertiary/aromatic N) is 1. The van der Waals surface area contributed by atoms with Crippen LogP contribution >= 0.6 is 0 Å². The van der Waals surface area contributed by atoms with Crippen LogP contribution in [0.4, 0.5) is 0 Å². The Labute approximate surface area is 166 Å². The van der Waals surface area contributed by atoms with E-state index < -0.39 is 0 Å². The zero-order chi connectivity index (χ0) is 20.2. The van der Waals surface area contributed by atoms with Crippen molar-refractivity contribution in [1.82, 2.24) is 4.90 Å². The van der Waals surface area contributed by atoms with Crippen molar-refractivity contribution in [2.45, 2.75) is 26.3 Å². The molecule has 0 bridgehead atoms. The summed E-state index contributed by atoms with van der Waals surface area (Å²) in [6.45, 7) is 3.08. The third-order valence-electron chi connectivity index (χ3n) is 4.10. The first-order valence-electron chi connectivity index (χ1n) is 9.36. The third kappa shape index (κ3) is 7.31. The van der Waals surface area contributed by atoms with Crippen molar-refractivity contribution in [2.24, 2.45) is 0 Å². The van der Waals surface area contributed by atoms with Gasteiger partial charge < -0.3 is 19.1 Å². The molecule has 150 valence electrons. The zero-order valence-electron chi connectivity index (χ0n) is 16.4. The van der Waals surface area contributed by atoms with Gasteiger partial charge in [-0.1, -0.05) is 30.3 Å². The quantitative estimate of drug-likeness (QED) is 0.555.